The molecule has 2 aromatic heterocycles. The van der Waals surface area contributed by atoms with E-state index in [0.717, 1.165) is 47.2 Å². The number of ether oxygens (including phenoxy) is 1. The average molecular weight is 350 g/mol. The lowest BCUT2D eigenvalue weighted by Crippen LogP contribution is -2.01. The predicted octanol–water partition coefficient (Wildman–Crippen LogP) is 3.84. The lowest BCUT2D eigenvalue weighted by molar-refractivity contribution is 0.281. The van der Waals surface area contributed by atoms with Gasteiger partial charge in [0.25, 0.3) is 0 Å². The van der Waals surface area contributed by atoms with Crippen molar-refractivity contribution in [3.05, 3.63) is 77.0 Å². The number of nitrogens with zero attached hydrogens (tertiary/aromatic N) is 2. The fourth-order valence-corrected chi connectivity index (χ4v) is 3.31. The van der Waals surface area contributed by atoms with Crippen molar-refractivity contribution in [2.45, 2.75) is 32.5 Å². The van der Waals surface area contributed by atoms with Crippen LogP contribution in [-0.4, -0.2) is 15.1 Å². The highest BCUT2D eigenvalue weighted by molar-refractivity contribution is 5.69. The molecule has 1 aromatic carbocycles. The molecule has 0 spiro atoms. The number of aromatic nitrogens is 2. The predicted molar refractivity (Wildman–Crippen MR) is 96.1 cm³/mol. The van der Waals surface area contributed by atoms with Crippen molar-refractivity contribution in [1.29, 1.82) is 0 Å². The third kappa shape index (κ3) is 3.44. The van der Waals surface area contributed by atoms with Crippen LogP contribution in [0.3, 0.4) is 0 Å². The molecule has 0 atom stereocenters. The van der Waals surface area contributed by atoms with E-state index in [9.17, 15) is 9.50 Å². The first kappa shape index (κ1) is 16.7. The molecule has 4 nitrogen and oxygen atoms in total. The van der Waals surface area contributed by atoms with Gasteiger partial charge in [-0.2, -0.15) is 0 Å². The quantitative estimate of drug-likeness (QED) is 0.759. The molecule has 4 rings (SSSR count). The Bertz CT molecular complexity index is 926. The van der Waals surface area contributed by atoms with Crippen LogP contribution < -0.4 is 4.74 Å². The first-order valence-corrected chi connectivity index (χ1v) is 8.68. The maximum Gasteiger partial charge on any atom is 0.214 e. The molecular weight excluding hydrogens is 331 g/mol. The monoisotopic (exact) mass is 350 g/mol. The van der Waals surface area contributed by atoms with Gasteiger partial charge in [0.15, 0.2) is 0 Å². The van der Waals surface area contributed by atoms with Gasteiger partial charge >= 0.3 is 0 Å². The molecule has 1 N–H and O–H groups in total. The zero-order valence-electron chi connectivity index (χ0n) is 14.3. The van der Waals surface area contributed by atoms with E-state index < -0.39 is 0 Å². The van der Waals surface area contributed by atoms with Crippen LogP contribution in [0.2, 0.25) is 0 Å². The van der Waals surface area contributed by atoms with E-state index in [1.54, 1.807) is 24.5 Å². The summed E-state index contributed by atoms with van der Waals surface area (Å²) >= 11 is 0. The Morgan fingerprint density at radius 3 is 2.69 bits per heavy atom. The number of hydrogen-bond donors (Lipinski definition) is 1. The van der Waals surface area contributed by atoms with Crippen molar-refractivity contribution in [1.82, 2.24) is 9.97 Å². The first-order chi connectivity index (χ1) is 12.7. The normalized spacial score (nSPS) is 12.8. The summed E-state index contributed by atoms with van der Waals surface area (Å²) in [5.74, 6) is 0.294. The molecule has 132 valence electrons. The third-order valence-electron chi connectivity index (χ3n) is 4.62. The second kappa shape index (κ2) is 7.22. The minimum Gasteiger partial charge on any atom is -0.473 e. The van der Waals surface area contributed by atoms with E-state index in [0.29, 0.717) is 12.5 Å². The van der Waals surface area contributed by atoms with E-state index in [-0.39, 0.29) is 12.4 Å². The number of benzene rings is 1. The Kier molecular flexibility index (Phi) is 4.63. The Hall–Kier alpha value is -2.79. The molecule has 0 saturated carbocycles. The molecule has 1 aliphatic rings. The highest BCUT2D eigenvalue weighted by atomic mass is 19.1. The molecule has 0 aliphatic heterocycles. The van der Waals surface area contributed by atoms with Gasteiger partial charge < -0.3 is 9.84 Å². The van der Waals surface area contributed by atoms with Gasteiger partial charge in [-0.25, -0.2) is 9.37 Å². The van der Waals surface area contributed by atoms with Crippen molar-refractivity contribution in [2.24, 2.45) is 0 Å². The van der Waals surface area contributed by atoms with Crippen LogP contribution in [-0.2, 0) is 26.1 Å². The summed E-state index contributed by atoms with van der Waals surface area (Å²) in [6.45, 7) is 0.294. The third-order valence-corrected chi connectivity index (χ3v) is 4.62. The lowest BCUT2D eigenvalue weighted by atomic mass is 10.00. The summed E-state index contributed by atoms with van der Waals surface area (Å²) in [7, 11) is 0. The summed E-state index contributed by atoms with van der Waals surface area (Å²) in [6, 6.07) is 10.1. The number of rotatable bonds is 5. The van der Waals surface area contributed by atoms with E-state index in [1.165, 1.54) is 17.7 Å². The lowest BCUT2D eigenvalue weighted by Gasteiger charge is -2.13. The standard InChI is InChI=1S/C21H19FN2O2/c22-17-6-4-14(5-7-17)13-26-21-9-19(18-2-1-3-20(18)24-21)16-8-15(12-25)10-23-11-16/h4-11,25H,1-3,12-13H2. The SMILES string of the molecule is OCc1cncc(-c2cc(OCc3ccc(F)cc3)nc3c2CCC3)c1. The van der Waals surface area contributed by atoms with E-state index in [2.05, 4.69) is 9.97 Å². The van der Waals surface area contributed by atoms with Gasteiger partial charge in [-0.3, -0.25) is 4.98 Å². The molecule has 0 saturated heterocycles. The minimum atomic E-state index is -0.261. The molecule has 26 heavy (non-hydrogen) atoms. The zero-order valence-corrected chi connectivity index (χ0v) is 14.3. The van der Waals surface area contributed by atoms with Gasteiger partial charge in [-0.05, 0) is 59.7 Å². The summed E-state index contributed by atoms with van der Waals surface area (Å²) in [5, 5.41) is 9.38. The van der Waals surface area contributed by atoms with Gasteiger partial charge in [-0.1, -0.05) is 12.1 Å². The van der Waals surface area contributed by atoms with Crippen LogP contribution in [0.25, 0.3) is 11.1 Å². The van der Waals surface area contributed by atoms with E-state index >= 15 is 0 Å². The van der Waals surface area contributed by atoms with Crippen molar-refractivity contribution in [3.63, 3.8) is 0 Å². The van der Waals surface area contributed by atoms with Crippen LogP contribution in [0.5, 0.6) is 5.88 Å². The molecule has 0 amide bonds. The zero-order chi connectivity index (χ0) is 17.9. The number of aliphatic hydroxyl groups excluding tert-OH is 1. The van der Waals surface area contributed by atoms with Crippen LogP contribution >= 0.6 is 0 Å². The van der Waals surface area contributed by atoms with Crippen LogP contribution in [0.1, 0.15) is 28.8 Å². The van der Waals surface area contributed by atoms with Crippen molar-refractivity contribution < 1.29 is 14.2 Å². The second-order valence-corrected chi connectivity index (χ2v) is 6.44. The molecule has 1 aliphatic carbocycles. The van der Waals surface area contributed by atoms with Gasteiger partial charge in [0.1, 0.15) is 12.4 Å². The Balaban J connectivity index is 1.65. The fraction of sp³-hybridized carbons (Fsp3) is 0.238. The number of aryl methyl sites for hydroxylation is 1. The largest absolute Gasteiger partial charge is 0.473 e. The highest BCUT2D eigenvalue weighted by Gasteiger charge is 2.20. The Labute approximate surface area is 151 Å². The first-order valence-electron chi connectivity index (χ1n) is 8.68. The van der Waals surface area contributed by atoms with E-state index in [1.807, 2.05) is 12.1 Å². The van der Waals surface area contributed by atoms with Gasteiger partial charge in [0, 0.05) is 29.7 Å². The maximum absolute atomic E-state index is 13.0. The van der Waals surface area contributed by atoms with Crippen molar-refractivity contribution >= 4 is 0 Å². The topological polar surface area (TPSA) is 55.2 Å². The number of halogens is 1. The summed E-state index contributed by atoms with van der Waals surface area (Å²) < 4.78 is 18.9. The van der Waals surface area contributed by atoms with Crippen molar-refractivity contribution in [3.8, 4) is 17.0 Å². The summed E-state index contributed by atoms with van der Waals surface area (Å²) in [4.78, 5) is 8.88. The molecule has 5 heteroatoms. The van der Waals surface area contributed by atoms with Crippen molar-refractivity contribution in [2.75, 3.05) is 0 Å². The van der Waals surface area contributed by atoms with Crippen LogP contribution in [0.4, 0.5) is 4.39 Å². The molecule has 0 unspecified atom stereocenters. The number of hydrogen-bond acceptors (Lipinski definition) is 4. The second-order valence-electron chi connectivity index (χ2n) is 6.44. The average Bonchev–Trinajstić information content (AvgIpc) is 3.15. The maximum atomic E-state index is 13.0. The summed E-state index contributed by atoms with van der Waals surface area (Å²) in [5.41, 5.74) is 5.98. The smallest absolute Gasteiger partial charge is 0.214 e. The number of fused-ring (bicyclic) bond motifs is 1. The summed E-state index contributed by atoms with van der Waals surface area (Å²) in [6.07, 6.45) is 6.46. The molecule has 0 bridgehead atoms. The molecule has 0 radical (unpaired) electrons. The highest BCUT2D eigenvalue weighted by Crippen LogP contribution is 2.34. The van der Waals surface area contributed by atoms with E-state index in [4.69, 9.17) is 4.74 Å². The number of aliphatic hydroxyl groups is 1. The van der Waals surface area contributed by atoms with Gasteiger partial charge in [-0.15, -0.1) is 0 Å². The molecular formula is C21H19FN2O2. The fourth-order valence-electron chi connectivity index (χ4n) is 3.31. The van der Waals surface area contributed by atoms with Gasteiger partial charge in [0.2, 0.25) is 5.88 Å². The minimum absolute atomic E-state index is 0.0396. The van der Waals surface area contributed by atoms with Gasteiger partial charge in [0.05, 0.1) is 6.61 Å². The Morgan fingerprint density at radius 2 is 1.88 bits per heavy atom. The molecule has 3 aromatic rings. The molecule has 0 fully saturated rings. The van der Waals surface area contributed by atoms with Crippen LogP contribution in [0, 0.1) is 5.82 Å². The number of pyridine rings is 2. The van der Waals surface area contributed by atoms with Crippen LogP contribution in [0.15, 0.2) is 48.8 Å². The molecule has 2 heterocycles. The Morgan fingerprint density at radius 1 is 1.04 bits per heavy atom.